The lowest BCUT2D eigenvalue weighted by atomic mass is 9.85. The quantitative estimate of drug-likeness (QED) is 0.609. The first-order valence-electron chi connectivity index (χ1n) is 5.94. The lowest BCUT2D eigenvalue weighted by Gasteiger charge is -2.19. The summed E-state index contributed by atoms with van der Waals surface area (Å²) < 4.78 is 10.2. The van der Waals surface area contributed by atoms with E-state index >= 15 is 0 Å². The third-order valence-corrected chi connectivity index (χ3v) is 2.95. The normalized spacial score (nSPS) is 21.9. The Balaban J connectivity index is 1.96. The number of hydrogen-bond acceptors (Lipinski definition) is 3. The molecule has 1 atom stereocenters. The Bertz CT molecular complexity index is 180. The second-order valence-electron chi connectivity index (χ2n) is 4.16. The minimum absolute atomic E-state index is 0.324. The van der Waals surface area contributed by atoms with Crippen LogP contribution in [0.2, 0.25) is 0 Å². The number of carbonyl (C=O) groups is 1. The Hall–Kier alpha value is -0.410. The maximum Gasteiger partial charge on any atom is 0.135 e. The zero-order valence-corrected chi connectivity index (χ0v) is 9.67. The zero-order chi connectivity index (χ0) is 10.9. The lowest BCUT2D eigenvalue weighted by Crippen LogP contribution is -2.19. The summed E-state index contributed by atoms with van der Waals surface area (Å²) in [7, 11) is 1.67. The smallest absolute Gasteiger partial charge is 0.135 e. The number of ketones is 1. The van der Waals surface area contributed by atoms with E-state index in [1.54, 1.807) is 7.11 Å². The van der Waals surface area contributed by atoms with Gasteiger partial charge in [0.2, 0.25) is 0 Å². The summed E-state index contributed by atoms with van der Waals surface area (Å²) in [6.45, 7) is 2.07. The Kier molecular flexibility index (Phi) is 6.60. The molecular weight excluding hydrogens is 192 g/mol. The van der Waals surface area contributed by atoms with Crippen molar-refractivity contribution >= 4 is 5.78 Å². The highest BCUT2D eigenvalue weighted by Crippen LogP contribution is 2.24. The molecule has 88 valence electrons. The van der Waals surface area contributed by atoms with Gasteiger partial charge in [0, 0.05) is 26.1 Å². The number of methoxy groups -OCH3 is 1. The number of rotatable bonds is 7. The number of ether oxygens (including phenoxy) is 2. The summed E-state index contributed by atoms with van der Waals surface area (Å²) in [6, 6.07) is 0. The molecule has 0 aliphatic heterocycles. The van der Waals surface area contributed by atoms with E-state index in [0.717, 1.165) is 38.7 Å². The average molecular weight is 214 g/mol. The van der Waals surface area contributed by atoms with Gasteiger partial charge in [0.1, 0.15) is 5.78 Å². The van der Waals surface area contributed by atoms with E-state index in [0.29, 0.717) is 24.9 Å². The fourth-order valence-electron chi connectivity index (χ4n) is 2.04. The molecule has 0 amide bonds. The highest BCUT2D eigenvalue weighted by Gasteiger charge is 2.21. The first-order chi connectivity index (χ1) is 7.34. The predicted octanol–water partition coefficient (Wildman–Crippen LogP) is 2.19. The number of hydrogen-bond donors (Lipinski definition) is 0. The van der Waals surface area contributed by atoms with Crippen LogP contribution in [-0.2, 0) is 14.3 Å². The van der Waals surface area contributed by atoms with Crippen LogP contribution < -0.4 is 0 Å². The minimum atomic E-state index is 0.324. The van der Waals surface area contributed by atoms with Gasteiger partial charge in [0.15, 0.2) is 0 Å². The second kappa shape index (κ2) is 7.83. The molecule has 0 aromatic rings. The number of carbonyl (C=O) groups excluding carboxylic acids is 1. The van der Waals surface area contributed by atoms with Crippen LogP contribution in [0.1, 0.15) is 38.5 Å². The van der Waals surface area contributed by atoms with Gasteiger partial charge in [0.25, 0.3) is 0 Å². The molecule has 15 heavy (non-hydrogen) atoms. The average Bonchev–Trinajstić information content (AvgIpc) is 2.25. The van der Waals surface area contributed by atoms with E-state index in [1.165, 1.54) is 6.42 Å². The van der Waals surface area contributed by atoms with Crippen LogP contribution in [0.5, 0.6) is 0 Å². The third kappa shape index (κ3) is 5.28. The van der Waals surface area contributed by atoms with Crippen molar-refractivity contribution in [3.63, 3.8) is 0 Å². The van der Waals surface area contributed by atoms with Crippen molar-refractivity contribution in [2.75, 3.05) is 26.9 Å². The monoisotopic (exact) mass is 214 g/mol. The van der Waals surface area contributed by atoms with Crippen LogP contribution in [0.3, 0.4) is 0 Å². The van der Waals surface area contributed by atoms with Crippen LogP contribution in [0.4, 0.5) is 0 Å². The summed E-state index contributed by atoms with van der Waals surface area (Å²) in [4.78, 5) is 11.5. The van der Waals surface area contributed by atoms with Crippen molar-refractivity contribution in [2.24, 2.45) is 5.92 Å². The molecule has 3 heteroatoms. The van der Waals surface area contributed by atoms with Crippen LogP contribution in [0.25, 0.3) is 0 Å². The van der Waals surface area contributed by atoms with E-state index in [2.05, 4.69) is 0 Å². The van der Waals surface area contributed by atoms with Crippen LogP contribution in [-0.4, -0.2) is 32.7 Å². The maximum absolute atomic E-state index is 11.5. The van der Waals surface area contributed by atoms with Gasteiger partial charge in [-0.15, -0.1) is 0 Å². The van der Waals surface area contributed by atoms with Gasteiger partial charge in [-0.25, -0.2) is 0 Å². The van der Waals surface area contributed by atoms with Crippen molar-refractivity contribution in [3.05, 3.63) is 0 Å². The van der Waals surface area contributed by atoms with Gasteiger partial charge in [-0.2, -0.15) is 0 Å². The van der Waals surface area contributed by atoms with Gasteiger partial charge in [0.05, 0.1) is 13.2 Å². The molecule has 1 rings (SSSR count). The van der Waals surface area contributed by atoms with Crippen LogP contribution >= 0.6 is 0 Å². The van der Waals surface area contributed by atoms with Crippen LogP contribution in [0, 0.1) is 5.92 Å². The molecule has 1 saturated carbocycles. The Morgan fingerprint density at radius 1 is 1.27 bits per heavy atom. The highest BCUT2D eigenvalue weighted by molar-refractivity contribution is 5.81. The molecule has 1 aliphatic carbocycles. The highest BCUT2D eigenvalue weighted by atomic mass is 16.5. The summed E-state index contributed by atoms with van der Waals surface area (Å²) in [5, 5.41) is 0. The van der Waals surface area contributed by atoms with E-state index in [1.807, 2.05) is 0 Å². The molecule has 0 saturated heterocycles. The van der Waals surface area contributed by atoms with Gasteiger partial charge >= 0.3 is 0 Å². The molecule has 0 spiro atoms. The molecule has 0 aromatic heterocycles. The van der Waals surface area contributed by atoms with Crippen molar-refractivity contribution in [1.82, 2.24) is 0 Å². The summed E-state index contributed by atoms with van der Waals surface area (Å²) in [5.41, 5.74) is 0. The zero-order valence-electron chi connectivity index (χ0n) is 9.67. The molecular formula is C12H22O3. The first kappa shape index (κ1) is 12.7. The third-order valence-electron chi connectivity index (χ3n) is 2.95. The molecule has 0 radical (unpaired) electrons. The molecule has 1 aliphatic rings. The van der Waals surface area contributed by atoms with E-state index in [-0.39, 0.29) is 0 Å². The molecule has 0 heterocycles. The van der Waals surface area contributed by atoms with Crippen molar-refractivity contribution in [2.45, 2.75) is 38.5 Å². The van der Waals surface area contributed by atoms with E-state index in [4.69, 9.17) is 9.47 Å². The van der Waals surface area contributed by atoms with Gasteiger partial charge in [-0.05, 0) is 25.7 Å². The van der Waals surface area contributed by atoms with Crippen molar-refractivity contribution in [1.29, 1.82) is 0 Å². The molecule has 0 bridgehead atoms. The largest absolute Gasteiger partial charge is 0.382 e. The standard InChI is InChI=1S/C12H22O3/c1-14-9-10-15-8-4-6-11-5-2-3-7-12(11)13/h11H,2-10H2,1H3. The summed E-state index contributed by atoms with van der Waals surface area (Å²) in [6.07, 6.45) is 6.22. The van der Waals surface area contributed by atoms with Gasteiger partial charge in [-0.1, -0.05) is 6.42 Å². The van der Waals surface area contributed by atoms with Crippen molar-refractivity contribution in [3.8, 4) is 0 Å². The van der Waals surface area contributed by atoms with E-state index in [9.17, 15) is 4.79 Å². The van der Waals surface area contributed by atoms with Gasteiger partial charge in [-0.3, -0.25) is 4.79 Å². The van der Waals surface area contributed by atoms with Gasteiger partial charge < -0.3 is 9.47 Å². The van der Waals surface area contributed by atoms with E-state index < -0.39 is 0 Å². The number of Topliss-reactive ketones (excluding diaryl/α,β-unsaturated/α-hetero) is 1. The minimum Gasteiger partial charge on any atom is -0.382 e. The Morgan fingerprint density at radius 3 is 2.87 bits per heavy atom. The van der Waals surface area contributed by atoms with Crippen molar-refractivity contribution < 1.29 is 14.3 Å². The maximum atomic E-state index is 11.5. The SMILES string of the molecule is COCCOCCCC1CCCCC1=O. The Morgan fingerprint density at radius 2 is 2.13 bits per heavy atom. The first-order valence-corrected chi connectivity index (χ1v) is 5.94. The topological polar surface area (TPSA) is 35.5 Å². The lowest BCUT2D eigenvalue weighted by molar-refractivity contribution is -0.124. The molecule has 0 aromatic carbocycles. The molecule has 3 nitrogen and oxygen atoms in total. The predicted molar refractivity (Wildman–Crippen MR) is 58.9 cm³/mol. The molecule has 0 N–H and O–H groups in total. The molecule has 1 unspecified atom stereocenters. The summed E-state index contributed by atoms with van der Waals surface area (Å²) >= 11 is 0. The second-order valence-corrected chi connectivity index (χ2v) is 4.16. The molecule has 1 fully saturated rings. The summed E-state index contributed by atoms with van der Waals surface area (Å²) in [5.74, 6) is 0.794. The fourth-order valence-corrected chi connectivity index (χ4v) is 2.04. The Labute approximate surface area is 92.1 Å². The van der Waals surface area contributed by atoms with Crippen LogP contribution in [0.15, 0.2) is 0 Å². The fraction of sp³-hybridized carbons (Fsp3) is 0.917.